The van der Waals surface area contributed by atoms with Crippen LogP contribution in [0.3, 0.4) is 0 Å². The molecule has 0 bridgehead atoms. The summed E-state index contributed by atoms with van der Waals surface area (Å²) in [5.74, 6) is -1.15. The van der Waals surface area contributed by atoms with Crippen LogP contribution in [0.1, 0.15) is 16.5 Å². The molecule has 1 unspecified atom stereocenters. The number of rotatable bonds is 2. The lowest BCUT2D eigenvalue weighted by atomic mass is 10.0. The maximum Gasteiger partial charge on any atom is 0.128 e. The van der Waals surface area contributed by atoms with Crippen LogP contribution >= 0.6 is 34.8 Å². The smallest absolute Gasteiger partial charge is 0.128 e. The van der Waals surface area contributed by atoms with Gasteiger partial charge >= 0.3 is 0 Å². The SMILES string of the molecule is Fc1ccc(F)c(C(Cl)c2cccc(Cl)c2Cl)c1. The van der Waals surface area contributed by atoms with Crippen molar-refractivity contribution in [3.05, 3.63) is 69.2 Å². The minimum absolute atomic E-state index is 0.0285. The van der Waals surface area contributed by atoms with Crippen LogP contribution in [0.5, 0.6) is 0 Å². The van der Waals surface area contributed by atoms with Gasteiger partial charge in [0.25, 0.3) is 0 Å². The molecule has 5 heteroatoms. The Kier molecular flexibility index (Phi) is 4.10. The number of benzene rings is 2. The van der Waals surface area contributed by atoms with Crippen molar-refractivity contribution >= 4 is 34.8 Å². The molecule has 0 spiro atoms. The van der Waals surface area contributed by atoms with E-state index in [0.29, 0.717) is 10.6 Å². The molecule has 0 aromatic heterocycles. The lowest BCUT2D eigenvalue weighted by molar-refractivity contribution is 0.587. The molecule has 1 atom stereocenters. The molecule has 2 aromatic carbocycles. The fourth-order valence-electron chi connectivity index (χ4n) is 1.59. The fourth-order valence-corrected chi connectivity index (χ4v) is 2.41. The molecule has 0 saturated carbocycles. The molecule has 0 N–H and O–H groups in total. The van der Waals surface area contributed by atoms with Crippen LogP contribution in [0.25, 0.3) is 0 Å². The van der Waals surface area contributed by atoms with E-state index in [1.165, 1.54) is 0 Å². The summed E-state index contributed by atoms with van der Waals surface area (Å²) in [5.41, 5.74) is 0.469. The highest BCUT2D eigenvalue weighted by molar-refractivity contribution is 6.43. The molecular formula is C13H7Cl3F2. The third-order valence-corrected chi connectivity index (χ3v) is 3.79. The molecule has 0 aliphatic carbocycles. The molecule has 94 valence electrons. The lowest BCUT2D eigenvalue weighted by Gasteiger charge is -2.13. The van der Waals surface area contributed by atoms with Gasteiger partial charge in [-0.1, -0.05) is 35.3 Å². The van der Waals surface area contributed by atoms with Gasteiger partial charge in [0.1, 0.15) is 11.6 Å². The Balaban J connectivity index is 2.51. The Morgan fingerprint density at radius 3 is 2.39 bits per heavy atom. The lowest BCUT2D eigenvalue weighted by Crippen LogP contribution is -1.99. The van der Waals surface area contributed by atoms with Gasteiger partial charge in [-0.3, -0.25) is 0 Å². The van der Waals surface area contributed by atoms with E-state index in [0.717, 1.165) is 18.2 Å². The topological polar surface area (TPSA) is 0 Å². The standard InChI is InChI=1S/C13H7Cl3F2/c14-10-3-1-2-8(13(10)16)12(15)9-6-7(17)4-5-11(9)18/h1-6,12H. The first kappa shape index (κ1) is 13.6. The van der Waals surface area contributed by atoms with Gasteiger partial charge in [0.05, 0.1) is 15.4 Å². The van der Waals surface area contributed by atoms with E-state index in [1.54, 1.807) is 18.2 Å². The van der Waals surface area contributed by atoms with Crippen molar-refractivity contribution < 1.29 is 8.78 Å². The average molecular weight is 308 g/mol. The highest BCUT2D eigenvalue weighted by Gasteiger charge is 2.19. The Labute approximate surface area is 118 Å². The summed E-state index contributed by atoms with van der Waals surface area (Å²) in [6, 6.07) is 7.97. The first-order valence-corrected chi connectivity index (χ1v) is 6.23. The van der Waals surface area contributed by atoms with Crippen molar-refractivity contribution in [1.82, 2.24) is 0 Å². The van der Waals surface area contributed by atoms with E-state index >= 15 is 0 Å². The third kappa shape index (κ3) is 2.61. The quantitative estimate of drug-likeness (QED) is 0.633. The van der Waals surface area contributed by atoms with Crippen LogP contribution in [0.15, 0.2) is 36.4 Å². The first-order chi connectivity index (χ1) is 8.50. The van der Waals surface area contributed by atoms with E-state index in [4.69, 9.17) is 34.8 Å². The van der Waals surface area contributed by atoms with Crippen LogP contribution in [0.2, 0.25) is 10.0 Å². The van der Waals surface area contributed by atoms with E-state index < -0.39 is 17.0 Å². The van der Waals surface area contributed by atoms with Gasteiger partial charge in [0.15, 0.2) is 0 Å². The zero-order valence-electron chi connectivity index (χ0n) is 8.93. The number of alkyl halides is 1. The third-order valence-electron chi connectivity index (χ3n) is 2.49. The van der Waals surface area contributed by atoms with E-state index in [-0.39, 0.29) is 10.6 Å². The zero-order chi connectivity index (χ0) is 13.3. The van der Waals surface area contributed by atoms with Crippen LogP contribution in [-0.4, -0.2) is 0 Å². The summed E-state index contributed by atoms with van der Waals surface area (Å²) in [4.78, 5) is 0. The Morgan fingerprint density at radius 2 is 1.67 bits per heavy atom. The number of hydrogen-bond acceptors (Lipinski definition) is 0. The van der Waals surface area contributed by atoms with Crippen LogP contribution < -0.4 is 0 Å². The zero-order valence-corrected chi connectivity index (χ0v) is 11.2. The highest BCUT2D eigenvalue weighted by Crippen LogP contribution is 2.37. The Morgan fingerprint density at radius 1 is 0.944 bits per heavy atom. The molecule has 0 heterocycles. The van der Waals surface area contributed by atoms with Gasteiger partial charge in [0.2, 0.25) is 0 Å². The van der Waals surface area contributed by atoms with Crippen molar-refractivity contribution in [2.75, 3.05) is 0 Å². The number of hydrogen-bond donors (Lipinski definition) is 0. The molecule has 18 heavy (non-hydrogen) atoms. The normalized spacial score (nSPS) is 12.5. The monoisotopic (exact) mass is 306 g/mol. The van der Waals surface area contributed by atoms with E-state index in [2.05, 4.69) is 0 Å². The Hall–Kier alpha value is -0.830. The fraction of sp³-hybridized carbons (Fsp3) is 0.0769. The molecule has 0 fully saturated rings. The second-order valence-electron chi connectivity index (χ2n) is 3.67. The molecule has 2 rings (SSSR count). The van der Waals surface area contributed by atoms with Gasteiger partial charge in [0, 0.05) is 5.56 Å². The van der Waals surface area contributed by atoms with Crippen molar-refractivity contribution in [3.63, 3.8) is 0 Å². The van der Waals surface area contributed by atoms with Crippen molar-refractivity contribution in [2.24, 2.45) is 0 Å². The second kappa shape index (κ2) is 5.43. The molecule has 0 nitrogen and oxygen atoms in total. The predicted molar refractivity (Wildman–Crippen MR) is 70.5 cm³/mol. The minimum Gasteiger partial charge on any atom is -0.207 e. The van der Waals surface area contributed by atoms with Crippen LogP contribution in [-0.2, 0) is 0 Å². The molecule has 0 saturated heterocycles. The second-order valence-corrected chi connectivity index (χ2v) is 4.89. The van der Waals surface area contributed by atoms with E-state index in [9.17, 15) is 8.78 Å². The minimum atomic E-state index is -0.896. The summed E-state index contributed by atoms with van der Waals surface area (Å²) < 4.78 is 26.7. The van der Waals surface area contributed by atoms with Gasteiger partial charge in [-0.2, -0.15) is 0 Å². The van der Waals surface area contributed by atoms with Gasteiger partial charge in [-0.15, -0.1) is 11.6 Å². The maximum atomic E-state index is 13.6. The summed E-state index contributed by atoms with van der Waals surface area (Å²) in [5, 5.41) is -0.341. The summed E-state index contributed by atoms with van der Waals surface area (Å²) in [6.07, 6.45) is 0. The first-order valence-electron chi connectivity index (χ1n) is 5.03. The van der Waals surface area contributed by atoms with Crippen LogP contribution in [0, 0.1) is 11.6 Å². The molecule has 0 amide bonds. The van der Waals surface area contributed by atoms with Crippen molar-refractivity contribution in [2.45, 2.75) is 5.38 Å². The van der Waals surface area contributed by atoms with Gasteiger partial charge in [-0.25, -0.2) is 8.78 Å². The summed E-state index contributed by atoms with van der Waals surface area (Å²) in [7, 11) is 0. The largest absolute Gasteiger partial charge is 0.207 e. The van der Waals surface area contributed by atoms with Gasteiger partial charge < -0.3 is 0 Å². The maximum absolute atomic E-state index is 13.6. The average Bonchev–Trinajstić information content (AvgIpc) is 2.35. The summed E-state index contributed by atoms with van der Waals surface area (Å²) >= 11 is 18.0. The molecule has 0 aliphatic rings. The molecule has 0 aliphatic heterocycles. The Bertz CT molecular complexity index is 582. The van der Waals surface area contributed by atoms with E-state index in [1.807, 2.05) is 0 Å². The van der Waals surface area contributed by atoms with Gasteiger partial charge in [-0.05, 0) is 29.8 Å². The molecule has 0 radical (unpaired) electrons. The molecular weight excluding hydrogens is 300 g/mol. The molecule has 2 aromatic rings. The predicted octanol–water partition coefficient (Wildman–Crippen LogP) is 5.60. The summed E-state index contributed by atoms with van der Waals surface area (Å²) in [6.45, 7) is 0. The van der Waals surface area contributed by atoms with Crippen molar-refractivity contribution in [1.29, 1.82) is 0 Å². The van der Waals surface area contributed by atoms with Crippen LogP contribution in [0.4, 0.5) is 8.78 Å². The number of halogens is 5. The van der Waals surface area contributed by atoms with Crippen molar-refractivity contribution in [3.8, 4) is 0 Å². The highest BCUT2D eigenvalue weighted by atomic mass is 35.5.